The van der Waals surface area contributed by atoms with E-state index in [0.29, 0.717) is 0 Å². The summed E-state index contributed by atoms with van der Waals surface area (Å²) < 4.78 is 56.4. The van der Waals surface area contributed by atoms with Crippen LogP contribution in [0.5, 0.6) is 0 Å². The summed E-state index contributed by atoms with van der Waals surface area (Å²) in [5, 5.41) is 17.8. The van der Waals surface area contributed by atoms with Crippen molar-refractivity contribution in [1.29, 1.82) is 0 Å². The number of aliphatic hydroxyl groups is 2. The third-order valence-electron chi connectivity index (χ3n) is 2.15. The van der Waals surface area contributed by atoms with Crippen LogP contribution >= 0.6 is 0 Å². The second-order valence-corrected chi connectivity index (χ2v) is 7.62. The first-order chi connectivity index (χ1) is 8.04. The van der Waals surface area contributed by atoms with Crippen molar-refractivity contribution in [2.24, 2.45) is 5.41 Å². The van der Waals surface area contributed by atoms with Crippen molar-refractivity contribution in [3.8, 4) is 0 Å². The Balaban J connectivity index is 4.25. The molecule has 0 aliphatic rings. The van der Waals surface area contributed by atoms with Gasteiger partial charge in [0, 0.05) is 5.41 Å². The van der Waals surface area contributed by atoms with Gasteiger partial charge in [-0.25, -0.2) is 0 Å². The van der Waals surface area contributed by atoms with Crippen LogP contribution in [0.25, 0.3) is 0 Å². The molecule has 0 fully saturated rings. The van der Waals surface area contributed by atoms with E-state index in [1.807, 2.05) is 0 Å². The predicted octanol–water partition coefficient (Wildman–Crippen LogP) is -1.40. The van der Waals surface area contributed by atoms with Crippen LogP contribution in [0.1, 0.15) is 13.3 Å². The third kappa shape index (κ3) is 7.95. The fourth-order valence-corrected chi connectivity index (χ4v) is 2.62. The Morgan fingerprint density at radius 3 is 1.94 bits per heavy atom. The lowest BCUT2D eigenvalue weighted by molar-refractivity contribution is 0.0309. The molecule has 0 aromatic heterocycles. The number of hydrogen-bond donors (Lipinski definition) is 3. The summed E-state index contributed by atoms with van der Waals surface area (Å²) in [4.78, 5) is 0. The van der Waals surface area contributed by atoms with Crippen LogP contribution < -0.4 is 0 Å². The van der Waals surface area contributed by atoms with Gasteiger partial charge in [0.25, 0.3) is 20.2 Å². The average molecular weight is 306 g/mol. The van der Waals surface area contributed by atoms with E-state index in [4.69, 9.17) is 14.8 Å². The van der Waals surface area contributed by atoms with E-state index in [1.54, 1.807) is 0 Å². The molecular formula is C8H18O8S2. The Bertz CT molecular complexity index is 434. The Hall–Kier alpha value is -0.260. The number of aliphatic hydroxyl groups excluding tert-OH is 2. The molecule has 0 aromatic rings. The van der Waals surface area contributed by atoms with Crippen molar-refractivity contribution in [1.82, 2.24) is 0 Å². The first-order valence-corrected chi connectivity index (χ1v) is 8.26. The van der Waals surface area contributed by atoms with E-state index in [2.05, 4.69) is 4.18 Å². The van der Waals surface area contributed by atoms with E-state index in [9.17, 15) is 16.8 Å². The van der Waals surface area contributed by atoms with Crippen molar-refractivity contribution >= 4 is 20.2 Å². The van der Waals surface area contributed by atoms with Gasteiger partial charge in [0.05, 0.1) is 31.3 Å². The molecule has 0 rings (SSSR count). The molecule has 8 nitrogen and oxygen atoms in total. The molecule has 0 heterocycles. The maximum absolute atomic E-state index is 11.3. The van der Waals surface area contributed by atoms with Crippen LogP contribution in [0.15, 0.2) is 0 Å². The summed E-state index contributed by atoms with van der Waals surface area (Å²) >= 11 is 0. The molecule has 0 saturated carbocycles. The van der Waals surface area contributed by atoms with Crippen LogP contribution in [-0.2, 0) is 24.4 Å². The lowest BCUT2D eigenvalue weighted by Crippen LogP contribution is -2.33. The minimum absolute atomic E-state index is 0.296. The van der Waals surface area contributed by atoms with Gasteiger partial charge in [-0.1, -0.05) is 6.92 Å². The normalized spacial score (nSPS) is 13.8. The summed E-state index contributed by atoms with van der Waals surface area (Å²) in [6.45, 7) is 0.114. The smallest absolute Gasteiger partial charge is 0.267 e. The molecule has 0 radical (unpaired) electrons. The molecule has 0 unspecified atom stereocenters. The van der Waals surface area contributed by atoms with E-state index in [1.165, 1.54) is 6.92 Å². The highest BCUT2D eigenvalue weighted by molar-refractivity contribution is 7.87. The predicted molar refractivity (Wildman–Crippen MR) is 63.1 cm³/mol. The van der Waals surface area contributed by atoms with Crippen molar-refractivity contribution in [3.05, 3.63) is 0 Å². The zero-order valence-corrected chi connectivity index (χ0v) is 11.6. The molecule has 0 bridgehead atoms. The van der Waals surface area contributed by atoms with Gasteiger partial charge in [-0.2, -0.15) is 16.8 Å². The monoisotopic (exact) mass is 306 g/mol. The van der Waals surface area contributed by atoms with Gasteiger partial charge in [-0.05, 0) is 6.42 Å². The molecule has 10 heteroatoms. The van der Waals surface area contributed by atoms with Gasteiger partial charge < -0.3 is 10.2 Å². The van der Waals surface area contributed by atoms with Crippen LogP contribution in [-0.4, -0.2) is 62.9 Å². The van der Waals surface area contributed by atoms with Gasteiger partial charge in [-0.15, -0.1) is 0 Å². The fraction of sp³-hybridized carbons (Fsp3) is 1.00. The molecule has 0 atom stereocenters. The first kappa shape index (κ1) is 17.7. The van der Waals surface area contributed by atoms with Crippen LogP contribution in [0, 0.1) is 5.41 Å². The standard InChI is InChI=1S/C8H18O8S2/c1-8(5-9,6-10)7-16-18(14,15)4-2-3-17(11,12)13/h9-10H,2-7H2,1H3,(H,11,12,13). The molecule has 0 aliphatic heterocycles. The quantitative estimate of drug-likeness (QED) is 0.349. The van der Waals surface area contributed by atoms with Crippen LogP contribution in [0.2, 0.25) is 0 Å². The second kappa shape index (κ2) is 6.78. The highest BCUT2D eigenvalue weighted by Crippen LogP contribution is 2.16. The molecule has 3 N–H and O–H groups in total. The first-order valence-electron chi connectivity index (χ1n) is 5.08. The van der Waals surface area contributed by atoms with Crippen molar-refractivity contribution in [2.75, 3.05) is 31.3 Å². The molecule has 0 aromatic carbocycles. The average Bonchev–Trinajstić information content (AvgIpc) is 2.24. The largest absolute Gasteiger partial charge is 0.396 e. The Morgan fingerprint density at radius 1 is 1.06 bits per heavy atom. The Morgan fingerprint density at radius 2 is 1.56 bits per heavy atom. The van der Waals surface area contributed by atoms with Gasteiger partial charge in [0.2, 0.25) is 0 Å². The molecule has 0 spiro atoms. The minimum Gasteiger partial charge on any atom is -0.396 e. The van der Waals surface area contributed by atoms with E-state index in [0.717, 1.165) is 0 Å². The zero-order valence-electron chi connectivity index (χ0n) is 9.94. The van der Waals surface area contributed by atoms with Gasteiger partial charge in [-0.3, -0.25) is 8.74 Å². The summed E-state index contributed by atoms with van der Waals surface area (Å²) in [5.41, 5.74) is -1.09. The van der Waals surface area contributed by atoms with E-state index < -0.39 is 57.0 Å². The molecule has 0 amide bonds. The summed E-state index contributed by atoms with van der Waals surface area (Å²) in [5.74, 6) is -1.24. The van der Waals surface area contributed by atoms with Gasteiger partial charge >= 0.3 is 0 Å². The molecule has 110 valence electrons. The van der Waals surface area contributed by atoms with Crippen molar-refractivity contribution in [2.45, 2.75) is 13.3 Å². The Labute approximate surface area is 106 Å². The van der Waals surface area contributed by atoms with Crippen molar-refractivity contribution < 1.29 is 35.8 Å². The number of rotatable bonds is 9. The lowest BCUT2D eigenvalue weighted by atomic mass is 9.95. The maximum Gasteiger partial charge on any atom is 0.267 e. The Kier molecular flexibility index (Phi) is 6.68. The second-order valence-electron chi connectivity index (χ2n) is 4.29. The van der Waals surface area contributed by atoms with E-state index >= 15 is 0 Å². The fourth-order valence-electron chi connectivity index (χ4n) is 0.850. The van der Waals surface area contributed by atoms with Gasteiger partial charge in [0.15, 0.2) is 0 Å². The van der Waals surface area contributed by atoms with E-state index in [-0.39, 0.29) is 6.42 Å². The minimum atomic E-state index is -4.20. The SMILES string of the molecule is CC(CO)(CO)COS(=O)(=O)CCCS(=O)(=O)O. The summed E-state index contributed by atoms with van der Waals surface area (Å²) in [6, 6.07) is 0. The topological polar surface area (TPSA) is 138 Å². The number of hydrogen-bond acceptors (Lipinski definition) is 7. The lowest BCUT2D eigenvalue weighted by Gasteiger charge is -2.23. The molecule has 0 saturated heterocycles. The summed E-state index contributed by atoms with van der Waals surface area (Å²) in [7, 11) is -8.15. The van der Waals surface area contributed by atoms with Gasteiger partial charge in [0.1, 0.15) is 0 Å². The maximum atomic E-state index is 11.3. The molecule has 0 aliphatic carbocycles. The molecule has 18 heavy (non-hydrogen) atoms. The van der Waals surface area contributed by atoms with Crippen molar-refractivity contribution in [3.63, 3.8) is 0 Å². The highest BCUT2D eigenvalue weighted by Gasteiger charge is 2.26. The molecular weight excluding hydrogens is 288 g/mol. The highest BCUT2D eigenvalue weighted by atomic mass is 32.2. The van der Waals surface area contributed by atoms with Crippen LogP contribution in [0.4, 0.5) is 0 Å². The summed E-state index contributed by atoms with van der Waals surface area (Å²) in [6.07, 6.45) is -0.296. The van der Waals surface area contributed by atoms with Crippen LogP contribution in [0.3, 0.4) is 0 Å². The zero-order chi connectivity index (χ0) is 14.4. The third-order valence-corrected chi connectivity index (χ3v) is 4.22.